The Kier molecular flexibility index (Phi) is 7.72. The van der Waals surface area contributed by atoms with E-state index in [2.05, 4.69) is 10.2 Å². The molecule has 0 aliphatic carbocycles. The maximum Gasteiger partial charge on any atom is 0.223 e. The maximum atomic E-state index is 13.9. The Labute approximate surface area is 175 Å². The van der Waals surface area contributed by atoms with Crippen molar-refractivity contribution in [3.63, 3.8) is 0 Å². The zero-order valence-corrected chi connectivity index (χ0v) is 17.3. The topological polar surface area (TPSA) is 32.3 Å². The molecule has 1 aliphatic heterocycles. The fraction of sp³-hybridized carbons (Fsp3) is 0.409. The van der Waals surface area contributed by atoms with Crippen LogP contribution in [-0.2, 0) is 17.8 Å². The van der Waals surface area contributed by atoms with Crippen LogP contribution >= 0.6 is 23.2 Å². The van der Waals surface area contributed by atoms with Crippen LogP contribution in [0.15, 0.2) is 42.5 Å². The predicted molar refractivity (Wildman–Crippen MR) is 112 cm³/mol. The lowest BCUT2D eigenvalue weighted by atomic mass is 9.95. The number of rotatable bonds is 7. The zero-order valence-electron chi connectivity index (χ0n) is 15.8. The summed E-state index contributed by atoms with van der Waals surface area (Å²) in [4.78, 5) is 14.6. The zero-order chi connectivity index (χ0) is 19.9. The fourth-order valence-corrected chi connectivity index (χ4v) is 3.83. The molecule has 0 unspecified atom stereocenters. The van der Waals surface area contributed by atoms with Gasteiger partial charge in [-0.25, -0.2) is 4.39 Å². The number of hydrogen-bond acceptors (Lipinski definition) is 2. The molecule has 3 nitrogen and oxygen atoms in total. The first-order valence-corrected chi connectivity index (χ1v) is 10.5. The van der Waals surface area contributed by atoms with Crippen molar-refractivity contribution in [2.45, 2.75) is 32.2 Å². The third kappa shape index (κ3) is 6.20. The highest BCUT2D eigenvalue weighted by Crippen LogP contribution is 2.21. The number of carbonyl (C=O) groups is 1. The molecule has 0 saturated carbocycles. The first-order chi connectivity index (χ1) is 13.5. The Hall–Kier alpha value is -1.62. The molecule has 1 N–H and O–H groups in total. The molecule has 0 radical (unpaired) electrons. The average molecular weight is 423 g/mol. The van der Waals surface area contributed by atoms with Crippen LogP contribution in [0.25, 0.3) is 0 Å². The van der Waals surface area contributed by atoms with Crippen LogP contribution in [0.4, 0.5) is 4.39 Å². The molecule has 1 saturated heterocycles. The third-order valence-electron chi connectivity index (χ3n) is 5.22. The van der Waals surface area contributed by atoms with Crippen LogP contribution in [0.1, 0.15) is 30.4 Å². The number of carbonyl (C=O) groups excluding carboxylic acids is 1. The Balaban J connectivity index is 1.36. The molecule has 2 aromatic carbocycles. The molecule has 28 heavy (non-hydrogen) atoms. The number of hydrogen-bond donors (Lipinski definition) is 1. The molecule has 1 aliphatic rings. The molecule has 1 heterocycles. The number of amides is 1. The quantitative estimate of drug-likeness (QED) is 0.629. The number of benzene rings is 2. The number of halogens is 3. The van der Waals surface area contributed by atoms with Gasteiger partial charge in [0.25, 0.3) is 0 Å². The second-order valence-electron chi connectivity index (χ2n) is 7.31. The molecule has 0 bridgehead atoms. The van der Waals surface area contributed by atoms with Crippen molar-refractivity contribution in [1.82, 2.24) is 10.2 Å². The van der Waals surface area contributed by atoms with E-state index in [4.69, 9.17) is 23.2 Å². The minimum Gasteiger partial charge on any atom is -0.356 e. The lowest BCUT2D eigenvalue weighted by Crippen LogP contribution is -2.40. The highest BCUT2D eigenvalue weighted by Gasteiger charge is 2.25. The van der Waals surface area contributed by atoms with E-state index in [0.717, 1.165) is 43.8 Å². The van der Waals surface area contributed by atoms with Gasteiger partial charge in [0.1, 0.15) is 5.82 Å². The largest absolute Gasteiger partial charge is 0.356 e. The number of piperidine rings is 1. The summed E-state index contributed by atoms with van der Waals surface area (Å²) in [5.41, 5.74) is 1.87. The van der Waals surface area contributed by atoms with E-state index >= 15 is 0 Å². The van der Waals surface area contributed by atoms with E-state index in [0.29, 0.717) is 23.7 Å². The first-order valence-electron chi connectivity index (χ1n) is 9.69. The Morgan fingerprint density at radius 1 is 1.07 bits per heavy atom. The normalized spacial score (nSPS) is 15.5. The van der Waals surface area contributed by atoms with Gasteiger partial charge in [-0.05, 0) is 68.6 Å². The second kappa shape index (κ2) is 10.2. The van der Waals surface area contributed by atoms with Crippen LogP contribution in [0.5, 0.6) is 0 Å². The summed E-state index contributed by atoms with van der Waals surface area (Å²) in [5, 5.41) is 4.20. The van der Waals surface area contributed by atoms with E-state index in [1.807, 2.05) is 24.3 Å². The van der Waals surface area contributed by atoms with Crippen LogP contribution in [0.2, 0.25) is 10.0 Å². The standard InChI is InChI=1S/C22H25Cl2FN2O/c23-19-6-3-16(4-7-19)2-1-11-26-22(28)17-9-12-27(13-10-17)15-18-5-8-20(24)14-21(18)25/h3-8,14,17H,1-2,9-13,15H2,(H,26,28). The summed E-state index contributed by atoms with van der Waals surface area (Å²) >= 11 is 11.7. The minimum atomic E-state index is -0.270. The van der Waals surface area contributed by atoms with Crippen LogP contribution in [0.3, 0.4) is 0 Å². The maximum absolute atomic E-state index is 13.9. The van der Waals surface area contributed by atoms with Gasteiger partial charge in [-0.3, -0.25) is 9.69 Å². The molecule has 0 aromatic heterocycles. The Morgan fingerprint density at radius 3 is 2.43 bits per heavy atom. The Bertz CT molecular complexity index is 790. The van der Waals surface area contributed by atoms with Crippen molar-refractivity contribution < 1.29 is 9.18 Å². The summed E-state index contributed by atoms with van der Waals surface area (Å²) in [5.74, 6) is -0.0941. The van der Waals surface area contributed by atoms with Crippen LogP contribution in [0, 0.1) is 11.7 Å². The lowest BCUT2D eigenvalue weighted by Gasteiger charge is -2.31. The molecule has 6 heteroatoms. The van der Waals surface area contributed by atoms with E-state index in [9.17, 15) is 9.18 Å². The monoisotopic (exact) mass is 422 g/mol. The van der Waals surface area contributed by atoms with Crippen molar-refractivity contribution in [3.8, 4) is 0 Å². The predicted octanol–water partition coefficient (Wildman–Crippen LogP) is 5.09. The van der Waals surface area contributed by atoms with E-state index in [-0.39, 0.29) is 17.6 Å². The van der Waals surface area contributed by atoms with Crippen molar-refractivity contribution in [2.75, 3.05) is 19.6 Å². The number of aryl methyl sites for hydroxylation is 1. The van der Waals surface area contributed by atoms with Crippen LogP contribution in [-0.4, -0.2) is 30.4 Å². The number of likely N-dealkylation sites (tertiary alicyclic amines) is 1. The highest BCUT2D eigenvalue weighted by atomic mass is 35.5. The molecule has 2 aromatic rings. The first kappa shape index (κ1) is 21.1. The average Bonchev–Trinajstić information content (AvgIpc) is 2.69. The third-order valence-corrected chi connectivity index (χ3v) is 5.71. The summed E-state index contributed by atoms with van der Waals surface area (Å²) in [7, 11) is 0. The number of nitrogens with zero attached hydrogens (tertiary/aromatic N) is 1. The fourth-order valence-electron chi connectivity index (χ4n) is 3.54. The van der Waals surface area contributed by atoms with Crippen molar-refractivity contribution in [3.05, 3.63) is 69.5 Å². The highest BCUT2D eigenvalue weighted by molar-refractivity contribution is 6.30. The molecule has 0 atom stereocenters. The van der Waals surface area contributed by atoms with Gasteiger partial charge < -0.3 is 5.32 Å². The summed E-state index contributed by atoms with van der Waals surface area (Å²) in [6.45, 7) is 2.83. The molecule has 1 fully saturated rings. The minimum absolute atomic E-state index is 0.0434. The Morgan fingerprint density at radius 2 is 1.75 bits per heavy atom. The van der Waals surface area contributed by atoms with Gasteiger partial charge in [0.05, 0.1) is 0 Å². The van der Waals surface area contributed by atoms with Crippen molar-refractivity contribution in [2.24, 2.45) is 5.92 Å². The molecule has 3 rings (SSSR count). The summed E-state index contributed by atoms with van der Waals surface area (Å²) in [6.07, 6.45) is 3.43. The van der Waals surface area contributed by atoms with E-state index < -0.39 is 0 Å². The smallest absolute Gasteiger partial charge is 0.223 e. The molecular formula is C22H25Cl2FN2O. The van der Waals surface area contributed by atoms with Gasteiger partial charge in [0.15, 0.2) is 0 Å². The second-order valence-corrected chi connectivity index (χ2v) is 8.18. The van der Waals surface area contributed by atoms with Crippen molar-refractivity contribution >= 4 is 29.1 Å². The van der Waals surface area contributed by atoms with Gasteiger partial charge in [-0.2, -0.15) is 0 Å². The van der Waals surface area contributed by atoms with Gasteiger partial charge in [-0.15, -0.1) is 0 Å². The molecular weight excluding hydrogens is 398 g/mol. The summed E-state index contributed by atoms with van der Waals surface area (Å²) in [6, 6.07) is 12.6. The number of nitrogens with one attached hydrogen (secondary N) is 1. The lowest BCUT2D eigenvalue weighted by molar-refractivity contribution is -0.126. The van der Waals surface area contributed by atoms with Gasteiger partial charge in [0, 0.05) is 34.6 Å². The van der Waals surface area contributed by atoms with Crippen LogP contribution < -0.4 is 5.32 Å². The molecule has 0 spiro atoms. The van der Waals surface area contributed by atoms with Gasteiger partial charge in [0.2, 0.25) is 5.91 Å². The van der Waals surface area contributed by atoms with Crippen molar-refractivity contribution in [1.29, 1.82) is 0 Å². The molecule has 150 valence electrons. The van der Waals surface area contributed by atoms with E-state index in [1.54, 1.807) is 12.1 Å². The summed E-state index contributed by atoms with van der Waals surface area (Å²) < 4.78 is 13.9. The van der Waals surface area contributed by atoms with Gasteiger partial charge in [-0.1, -0.05) is 41.4 Å². The van der Waals surface area contributed by atoms with E-state index in [1.165, 1.54) is 11.6 Å². The SMILES string of the molecule is O=C(NCCCc1ccc(Cl)cc1)C1CCN(Cc2ccc(Cl)cc2F)CC1. The molecule has 1 amide bonds. The van der Waals surface area contributed by atoms with Gasteiger partial charge >= 0.3 is 0 Å².